The molecule has 0 aliphatic carbocycles. The number of rotatable bonds is 3. The monoisotopic (exact) mass is 178 g/mol. The molecule has 0 aromatic heterocycles. The summed E-state index contributed by atoms with van der Waals surface area (Å²) >= 11 is 0. The number of nitrogens with two attached hydrogens (primary N) is 2. The van der Waals surface area contributed by atoms with E-state index in [0.717, 1.165) is 25.1 Å². The Balaban J connectivity index is 2.86. The van der Waals surface area contributed by atoms with Crippen LogP contribution in [0.25, 0.3) is 0 Å². The second kappa shape index (κ2) is 4.28. The Kier molecular flexibility index (Phi) is 3.32. The molecule has 2 heteroatoms. The van der Waals surface area contributed by atoms with E-state index in [0.29, 0.717) is 0 Å². The smallest absolute Gasteiger partial charge is 0.0349 e. The average molecular weight is 178 g/mol. The maximum absolute atomic E-state index is 5.86. The number of benzene rings is 1. The predicted octanol–water partition coefficient (Wildman–Crippen LogP) is 1.78. The number of hydrogen-bond donors (Lipinski definition) is 2. The first-order valence-corrected chi connectivity index (χ1v) is 4.71. The maximum Gasteiger partial charge on any atom is 0.0349 e. The zero-order valence-electron chi connectivity index (χ0n) is 8.43. The molecule has 0 saturated heterocycles. The van der Waals surface area contributed by atoms with Crippen LogP contribution in [0.1, 0.15) is 23.1 Å². The Bertz CT molecular complexity index is 269. The highest BCUT2D eigenvalue weighted by Crippen LogP contribution is 2.18. The molecule has 2 nitrogen and oxygen atoms in total. The van der Waals surface area contributed by atoms with Crippen molar-refractivity contribution in [3.63, 3.8) is 0 Å². The molecule has 0 heterocycles. The SMILES string of the molecule is Cc1cc(CCCN)cc(N)c1C. The third kappa shape index (κ3) is 2.46. The molecule has 0 saturated carbocycles. The lowest BCUT2D eigenvalue weighted by Crippen LogP contribution is -2.02. The molecule has 1 aromatic carbocycles. The molecular formula is C11H18N2. The topological polar surface area (TPSA) is 52.0 Å². The summed E-state index contributed by atoms with van der Waals surface area (Å²) in [5.74, 6) is 0. The van der Waals surface area contributed by atoms with Gasteiger partial charge in [-0.3, -0.25) is 0 Å². The first-order valence-electron chi connectivity index (χ1n) is 4.71. The summed E-state index contributed by atoms with van der Waals surface area (Å²) in [5, 5.41) is 0. The van der Waals surface area contributed by atoms with Crippen molar-refractivity contribution in [1.29, 1.82) is 0 Å². The summed E-state index contributed by atoms with van der Waals surface area (Å²) in [6.07, 6.45) is 2.06. The number of hydrogen-bond acceptors (Lipinski definition) is 2. The molecule has 0 unspecified atom stereocenters. The highest BCUT2D eigenvalue weighted by molar-refractivity contribution is 5.52. The quantitative estimate of drug-likeness (QED) is 0.693. The predicted molar refractivity (Wildman–Crippen MR) is 57.7 cm³/mol. The van der Waals surface area contributed by atoms with Gasteiger partial charge >= 0.3 is 0 Å². The lowest BCUT2D eigenvalue weighted by atomic mass is 10.0. The van der Waals surface area contributed by atoms with E-state index < -0.39 is 0 Å². The van der Waals surface area contributed by atoms with Crippen LogP contribution < -0.4 is 11.5 Å². The van der Waals surface area contributed by atoms with Gasteiger partial charge in [-0.2, -0.15) is 0 Å². The van der Waals surface area contributed by atoms with Crippen molar-refractivity contribution < 1.29 is 0 Å². The van der Waals surface area contributed by atoms with Gasteiger partial charge in [0.1, 0.15) is 0 Å². The summed E-state index contributed by atoms with van der Waals surface area (Å²) in [5.41, 5.74) is 16.0. The fraction of sp³-hybridized carbons (Fsp3) is 0.455. The van der Waals surface area contributed by atoms with Crippen LogP contribution >= 0.6 is 0 Å². The summed E-state index contributed by atoms with van der Waals surface area (Å²) in [4.78, 5) is 0. The number of anilines is 1. The lowest BCUT2D eigenvalue weighted by molar-refractivity contribution is 0.832. The van der Waals surface area contributed by atoms with Crippen LogP contribution in [0.4, 0.5) is 5.69 Å². The Hall–Kier alpha value is -1.02. The third-order valence-corrected chi connectivity index (χ3v) is 2.44. The van der Waals surface area contributed by atoms with E-state index in [2.05, 4.69) is 26.0 Å². The van der Waals surface area contributed by atoms with Crippen molar-refractivity contribution in [2.45, 2.75) is 26.7 Å². The molecule has 1 aromatic rings. The van der Waals surface area contributed by atoms with Crippen LogP contribution in [0.5, 0.6) is 0 Å². The molecule has 1 rings (SSSR count). The lowest BCUT2D eigenvalue weighted by Gasteiger charge is -2.08. The molecule has 0 aliphatic rings. The van der Waals surface area contributed by atoms with Crippen molar-refractivity contribution in [1.82, 2.24) is 0 Å². The molecule has 13 heavy (non-hydrogen) atoms. The maximum atomic E-state index is 5.86. The largest absolute Gasteiger partial charge is 0.398 e. The van der Waals surface area contributed by atoms with Crippen LogP contribution in [-0.2, 0) is 6.42 Å². The van der Waals surface area contributed by atoms with Gasteiger partial charge in [-0.05, 0) is 56.0 Å². The molecule has 4 N–H and O–H groups in total. The van der Waals surface area contributed by atoms with Gasteiger partial charge in [-0.15, -0.1) is 0 Å². The molecule has 0 atom stereocenters. The van der Waals surface area contributed by atoms with Crippen molar-refractivity contribution in [2.75, 3.05) is 12.3 Å². The minimum atomic E-state index is 0.743. The molecule has 0 aliphatic heterocycles. The van der Waals surface area contributed by atoms with Gasteiger partial charge in [0.05, 0.1) is 0 Å². The molecular weight excluding hydrogens is 160 g/mol. The molecule has 0 amide bonds. The fourth-order valence-electron chi connectivity index (χ4n) is 1.41. The highest BCUT2D eigenvalue weighted by atomic mass is 14.6. The first-order chi connectivity index (χ1) is 6.15. The van der Waals surface area contributed by atoms with Gasteiger partial charge in [0, 0.05) is 5.69 Å². The van der Waals surface area contributed by atoms with E-state index in [1.807, 2.05) is 0 Å². The zero-order chi connectivity index (χ0) is 9.84. The standard InChI is InChI=1S/C11H18N2/c1-8-6-10(4-3-5-12)7-11(13)9(8)2/h6-7H,3-5,12-13H2,1-2H3. The zero-order valence-corrected chi connectivity index (χ0v) is 8.43. The van der Waals surface area contributed by atoms with Crippen molar-refractivity contribution >= 4 is 5.69 Å². The second-order valence-corrected chi connectivity index (χ2v) is 3.52. The van der Waals surface area contributed by atoms with E-state index >= 15 is 0 Å². The van der Waals surface area contributed by atoms with Crippen LogP contribution in [-0.4, -0.2) is 6.54 Å². The van der Waals surface area contributed by atoms with Gasteiger partial charge in [0.2, 0.25) is 0 Å². The van der Waals surface area contributed by atoms with Crippen LogP contribution in [0.2, 0.25) is 0 Å². The number of aryl methyl sites for hydroxylation is 2. The third-order valence-electron chi connectivity index (χ3n) is 2.44. The molecule has 72 valence electrons. The van der Waals surface area contributed by atoms with E-state index in [1.165, 1.54) is 16.7 Å². The molecule has 0 spiro atoms. The fourth-order valence-corrected chi connectivity index (χ4v) is 1.41. The Morgan fingerprint density at radius 3 is 2.46 bits per heavy atom. The molecule has 0 bridgehead atoms. The summed E-state index contributed by atoms with van der Waals surface area (Å²) in [6.45, 7) is 4.89. The summed E-state index contributed by atoms with van der Waals surface area (Å²) < 4.78 is 0. The number of nitrogen functional groups attached to an aromatic ring is 1. The van der Waals surface area contributed by atoms with Crippen molar-refractivity contribution in [3.8, 4) is 0 Å². The van der Waals surface area contributed by atoms with Gasteiger partial charge in [0.15, 0.2) is 0 Å². The van der Waals surface area contributed by atoms with Gasteiger partial charge in [0.25, 0.3) is 0 Å². The summed E-state index contributed by atoms with van der Waals surface area (Å²) in [7, 11) is 0. The molecule has 0 radical (unpaired) electrons. The van der Waals surface area contributed by atoms with Crippen molar-refractivity contribution in [3.05, 3.63) is 28.8 Å². The first kappa shape index (κ1) is 10.1. The van der Waals surface area contributed by atoms with Crippen LogP contribution in [0.15, 0.2) is 12.1 Å². The van der Waals surface area contributed by atoms with Gasteiger partial charge in [-0.25, -0.2) is 0 Å². The van der Waals surface area contributed by atoms with E-state index in [4.69, 9.17) is 11.5 Å². The van der Waals surface area contributed by atoms with Crippen LogP contribution in [0.3, 0.4) is 0 Å². The van der Waals surface area contributed by atoms with Crippen LogP contribution in [0, 0.1) is 13.8 Å². The normalized spacial score (nSPS) is 10.4. The minimum Gasteiger partial charge on any atom is -0.398 e. The summed E-state index contributed by atoms with van der Waals surface area (Å²) in [6, 6.07) is 4.25. The Morgan fingerprint density at radius 1 is 1.23 bits per heavy atom. The van der Waals surface area contributed by atoms with Gasteiger partial charge < -0.3 is 11.5 Å². The van der Waals surface area contributed by atoms with Crippen molar-refractivity contribution in [2.24, 2.45) is 5.73 Å². The highest BCUT2D eigenvalue weighted by Gasteiger charge is 2.00. The minimum absolute atomic E-state index is 0.743. The second-order valence-electron chi connectivity index (χ2n) is 3.52. The Morgan fingerprint density at radius 2 is 1.92 bits per heavy atom. The average Bonchev–Trinajstić information content (AvgIpc) is 2.10. The Labute approximate surface area is 79.9 Å². The van der Waals surface area contributed by atoms with E-state index in [9.17, 15) is 0 Å². The molecule has 0 fully saturated rings. The van der Waals surface area contributed by atoms with E-state index in [1.54, 1.807) is 0 Å². The van der Waals surface area contributed by atoms with Gasteiger partial charge in [-0.1, -0.05) is 6.07 Å². The van der Waals surface area contributed by atoms with E-state index in [-0.39, 0.29) is 0 Å².